The van der Waals surface area contributed by atoms with E-state index in [1.807, 2.05) is 0 Å². The maximum absolute atomic E-state index is 12.2. The molecule has 6 nitrogen and oxygen atoms in total. The highest BCUT2D eigenvalue weighted by Gasteiger charge is 2.28. The number of aliphatic hydroxyl groups is 1. The number of nitrogens with one attached hydrogen (secondary N) is 1. The van der Waals surface area contributed by atoms with Gasteiger partial charge in [-0.15, -0.1) is 0 Å². The van der Waals surface area contributed by atoms with E-state index in [2.05, 4.69) is 4.72 Å². The van der Waals surface area contributed by atoms with Crippen molar-refractivity contribution in [2.75, 3.05) is 6.54 Å². The summed E-state index contributed by atoms with van der Waals surface area (Å²) in [5.74, 6) is 0.125. The van der Waals surface area contributed by atoms with Gasteiger partial charge >= 0.3 is 0 Å². The minimum absolute atomic E-state index is 0.0211. The van der Waals surface area contributed by atoms with E-state index >= 15 is 0 Å². The Hall–Kier alpha value is -1.96. The van der Waals surface area contributed by atoms with Crippen LogP contribution in [0.1, 0.15) is 30.0 Å². The molecule has 1 heterocycles. The second kappa shape index (κ2) is 6.04. The zero-order chi connectivity index (χ0) is 16.4. The molecule has 0 aliphatic rings. The van der Waals surface area contributed by atoms with E-state index in [0.29, 0.717) is 5.56 Å². The molecule has 2 N–H and O–H groups in total. The first-order chi connectivity index (χ1) is 10.2. The number of sulfonamides is 1. The lowest BCUT2D eigenvalue weighted by Gasteiger charge is -2.21. The number of hydrogen-bond donors (Lipinski definition) is 2. The van der Waals surface area contributed by atoms with Gasteiger partial charge in [0.05, 0.1) is 11.2 Å². The predicted molar refractivity (Wildman–Crippen MR) is 79.9 cm³/mol. The maximum Gasteiger partial charge on any atom is 0.240 e. The standard InChI is InChI=1S/C15H17NO5S/c1-11(17)12-5-7-13(8-6-12)22(19,20)16-10-15(2,18)14-4-3-9-21-14/h3-9,16,18H,10H2,1-2H3. The summed E-state index contributed by atoms with van der Waals surface area (Å²) in [6.45, 7) is 2.62. The monoisotopic (exact) mass is 323 g/mol. The van der Waals surface area contributed by atoms with Crippen molar-refractivity contribution < 1.29 is 22.7 Å². The van der Waals surface area contributed by atoms with Gasteiger partial charge in [0, 0.05) is 12.1 Å². The summed E-state index contributed by atoms with van der Waals surface area (Å²) < 4.78 is 31.8. The number of ketones is 1. The Morgan fingerprint density at radius 1 is 1.27 bits per heavy atom. The van der Waals surface area contributed by atoms with Crippen LogP contribution in [-0.2, 0) is 15.6 Å². The summed E-state index contributed by atoms with van der Waals surface area (Å²) in [4.78, 5) is 11.2. The third-order valence-electron chi connectivity index (χ3n) is 3.23. The van der Waals surface area contributed by atoms with Crippen molar-refractivity contribution in [3.63, 3.8) is 0 Å². The van der Waals surface area contributed by atoms with E-state index in [9.17, 15) is 18.3 Å². The van der Waals surface area contributed by atoms with E-state index < -0.39 is 15.6 Å². The smallest absolute Gasteiger partial charge is 0.240 e. The van der Waals surface area contributed by atoms with Gasteiger partial charge in [0.15, 0.2) is 5.78 Å². The second-order valence-corrected chi connectivity index (χ2v) is 6.92. The van der Waals surface area contributed by atoms with Crippen LogP contribution < -0.4 is 4.72 Å². The molecule has 2 aromatic rings. The second-order valence-electron chi connectivity index (χ2n) is 5.16. The summed E-state index contributed by atoms with van der Waals surface area (Å²) in [5, 5.41) is 10.2. The Bertz CT molecular complexity index is 746. The molecule has 0 radical (unpaired) electrons. The number of furan rings is 1. The van der Waals surface area contributed by atoms with E-state index in [0.717, 1.165) is 0 Å². The van der Waals surface area contributed by atoms with Crippen LogP contribution in [0, 0.1) is 0 Å². The van der Waals surface area contributed by atoms with Crippen LogP contribution in [0.25, 0.3) is 0 Å². The molecule has 1 aromatic carbocycles. The van der Waals surface area contributed by atoms with Gasteiger partial charge in [-0.1, -0.05) is 12.1 Å². The molecule has 0 saturated heterocycles. The van der Waals surface area contributed by atoms with Gasteiger partial charge < -0.3 is 9.52 Å². The van der Waals surface area contributed by atoms with Crippen LogP contribution in [0.4, 0.5) is 0 Å². The van der Waals surface area contributed by atoms with Crippen molar-refractivity contribution in [1.29, 1.82) is 0 Å². The molecule has 118 valence electrons. The Morgan fingerprint density at radius 3 is 2.41 bits per heavy atom. The summed E-state index contributed by atoms with van der Waals surface area (Å²) >= 11 is 0. The Labute approximate surface area is 128 Å². The van der Waals surface area contributed by atoms with E-state index in [-0.39, 0.29) is 23.0 Å². The van der Waals surface area contributed by atoms with Crippen LogP contribution in [0.5, 0.6) is 0 Å². The number of carbonyl (C=O) groups is 1. The van der Waals surface area contributed by atoms with Crippen molar-refractivity contribution in [2.45, 2.75) is 24.3 Å². The fourth-order valence-corrected chi connectivity index (χ4v) is 2.99. The van der Waals surface area contributed by atoms with Crippen molar-refractivity contribution in [3.8, 4) is 0 Å². The van der Waals surface area contributed by atoms with Crippen LogP contribution in [0.15, 0.2) is 52.0 Å². The quantitative estimate of drug-likeness (QED) is 0.788. The van der Waals surface area contributed by atoms with Gasteiger partial charge in [-0.2, -0.15) is 0 Å². The zero-order valence-electron chi connectivity index (χ0n) is 12.2. The fourth-order valence-electron chi connectivity index (χ4n) is 1.86. The number of Topliss-reactive ketones (excluding diaryl/α,β-unsaturated/α-hetero) is 1. The lowest BCUT2D eigenvalue weighted by molar-refractivity contribution is 0.0395. The molecule has 1 aromatic heterocycles. The summed E-state index contributed by atoms with van der Waals surface area (Å²) in [6.07, 6.45) is 1.40. The summed E-state index contributed by atoms with van der Waals surface area (Å²) in [6, 6.07) is 8.76. The molecule has 0 amide bonds. The number of carbonyl (C=O) groups excluding carboxylic acids is 1. The molecule has 22 heavy (non-hydrogen) atoms. The average Bonchev–Trinajstić information content (AvgIpc) is 3.00. The van der Waals surface area contributed by atoms with Gasteiger partial charge in [-0.3, -0.25) is 4.79 Å². The van der Waals surface area contributed by atoms with Gasteiger partial charge in [0.2, 0.25) is 10.0 Å². The molecule has 0 bridgehead atoms. The molecule has 1 atom stereocenters. The molecule has 2 rings (SSSR count). The van der Waals surface area contributed by atoms with Crippen LogP contribution in [0.2, 0.25) is 0 Å². The summed E-state index contributed by atoms with van der Waals surface area (Å²) in [7, 11) is -3.79. The highest BCUT2D eigenvalue weighted by molar-refractivity contribution is 7.89. The van der Waals surface area contributed by atoms with Crippen LogP contribution in [-0.4, -0.2) is 25.9 Å². The third-order valence-corrected chi connectivity index (χ3v) is 4.65. The highest BCUT2D eigenvalue weighted by atomic mass is 32.2. The molecular formula is C15H17NO5S. The normalized spacial score (nSPS) is 14.5. The van der Waals surface area contributed by atoms with E-state index in [1.54, 1.807) is 12.1 Å². The molecule has 0 aliphatic carbocycles. The first-order valence-electron chi connectivity index (χ1n) is 6.59. The third kappa shape index (κ3) is 3.62. The SMILES string of the molecule is CC(=O)c1ccc(S(=O)(=O)NCC(C)(O)c2ccco2)cc1. The molecule has 7 heteroatoms. The largest absolute Gasteiger partial charge is 0.466 e. The minimum atomic E-state index is -3.79. The van der Waals surface area contributed by atoms with E-state index in [4.69, 9.17) is 4.42 Å². The number of hydrogen-bond acceptors (Lipinski definition) is 5. The molecule has 0 fully saturated rings. The minimum Gasteiger partial charge on any atom is -0.466 e. The lowest BCUT2D eigenvalue weighted by Crippen LogP contribution is -2.38. The molecular weight excluding hydrogens is 306 g/mol. The number of benzene rings is 1. The number of rotatable bonds is 6. The summed E-state index contributed by atoms with van der Waals surface area (Å²) in [5.41, 5.74) is -1.03. The maximum atomic E-state index is 12.2. The Balaban J connectivity index is 2.13. The topological polar surface area (TPSA) is 96.6 Å². The zero-order valence-corrected chi connectivity index (χ0v) is 13.1. The fraction of sp³-hybridized carbons (Fsp3) is 0.267. The average molecular weight is 323 g/mol. The van der Waals surface area contributed by atoms with Crippen LogP contribution in [0.3, 0.4) is 0 Å². The van der Waals surface area contributed by atoms with E-state index in [1.165, 1.54) is 44.4 Å². The first-order valence-corrected chi connectivity index (χ1v) is 8.08. The molecule has 1 unspecified atom stereocenters. The predicted octanol–water partition coefficient (Wildman–Crippen LogP) is 1.67. The van der Waals surface area contributed by atoms with Gasteiger partial charge in [0.1, 0.15) is 11.4 Å². The van der Waals surface area contributed by atoms with Gasteiger partial charge in [-0.25, -0.2) is 13.1 Å². The molecule has 0 aliphatic heterocycles. The Morgan fingerprint density at radius 2 is 1.91 bits per heavy atom. The first kappa shape index (κ1) is 16.4. The van der Waals surface area contributed by atoms with Crippen molar-refractivity contribution >= 4 is 15.8 Å². The van der Waals surface area contributed by atoms with Crippen molar-refractivity contribution in [3.05, 3.63) is 54.0 Å². The van der Waals surface area contributed by atoms with Crippen molar-refractivity contribution in [2.24, 2.45) is 0 Å². The lowest BCUT2D eigenvalue weighted by atomic mass is 10.1. The molecule has 0 saturated carbocycles. The van der Waals surface area contributed by atoms with Gasteiger partial charge in [-0.05, 0) is 38.1 Å². The Kier molecular flexibility index (Phi) is 4.50. The van der Waals surface area contributed by atoms with Gasteiger partial charge in [0.25, 0.3) is 0 Å². The highest BCUT2D eigenvalue weighted by Crippen LogP contribution is 2.21. The van der Waals surface area contributed by atoms with Crippen LogP contribution >= 0.6 is 0 Å². The van der Waals surface area contributed by atoms with Crippen molar-refractivity contribution in [1.82, 2.24) is 4.72 Å². The molecule has 0 spiro atoms.